The largest absolute Gasteiger partial charge is 0.379 e. The van der Waals surface area contributed by atoms with Gasteiger partial charge in [0.05, 0.1) is 36.6 Å². The number of hydrogen-bond acceptors (Lipinski definition) is 4. The van der Waals surface area contributed by atoms with Gasteiger partial charge in [-0.3, -0.25) is 9.78 Å². The highest BCUT2D eigenvalue weighted by atomic mass is 16.5. The number of rotatable bonds is 5. The van der Waals surface area contributed by atoms with Crippen molar-refractivity contribution in [2.75, 3.05) is 13.2 Å². The molecule has 3 rings (SSSR count). The smallest absolute Gasteiger partial charge is 0.253 e. The Balaban J connectivity index is 1.60. The Hall–Kier alpha value is -2.18. The fourth-order valence-electron chi connectivity index (χ4n) is 2.67. The predicted octanol–water partition coefficient (Wildman–Crippen LogP) is 1.82. The maximum atomic E-state index is 12.4. The fourth-order valence-corrected chi connectivity index (χ4v) is 2.67. The van der Waals surface area contributed by atoms with E-state index in [9.17, 15) is 4.79 Å². The first-order chi connectivity index (χ1) is 11.2. The fraction of sp³-hybridized carbons (Fsp3) is 0.412. The number of nitrogens with one attached hydrogen (secondary N) is 2. The lowest BCUT2D eigenvalue weighted by Crippen LogP contribution is -2.50. The van der Waals surface area contributed by atoms with Gasteiger partial charge in [-0.25, -0.2) is 0 Å². The van der Waals surface area contributed by atoms with Crippen LogP contribution >= 0.6 is 0 Å². The summed E-state index contributed by atoms with van der Waals surface area (Å²) in [5.41, 5.74) is 2.38. The molecule has 1 aliphatic heterocycles. The van der Waals surface area contributed by atoms with Gasteiger partial charge >= 0.3 is 0 Å². The predicted molar refractivity (Wildman–Crippen MR) is 85.0 cm³/mol. The van der Waals surface area contributed by atoms with Gasteiger partial charge in [0.2, 0.25) is 0 Å². The lowest BCUT2D eigenvalue weighted by molar-refractivity contribution is -0.0612. The van der Waals surface area contributed by atoms with Gasteiger partial charge < -0.3 is 19.8 Å². The van der Waals surface area contributed by atoms with Crippen molar-refractivity contribution in [3.8, 4) is 0 Å². The lowest BCUT2D eigenvalue weighted by Gasteiger charge is -2.32. The summed E-state index contributed by atoms with van der Waals surface area (Å²) in [6.07, 6.45) is 4.19. The van der Waals surface area contributed by atoms with Gasteiger partial charge in [0, 0.05) is 24.7 Å². The molecule has 0 aromatic carbocycles. The zero-order valence-electron chi connectivity index (χ0n) is 13.1. The maximum absolute atomic E-state index is 12.4. The number of aromatic amines is 1. The molecular formula is C17H21N3O3. The van der Waals surface area contributed by atoms with Gasteiger partial charge in [0.1, 0.15) is 0 Å². The molecule has 2 aromatic heterocycles. The highest BCUT2D eigenvalue weighted by Crippen LogP contribution is 2.15. The summed E-state index contributed by atoms with van der Waals surface area (Å²) in [6, 6.07) is 7.35. The van der Waals surface area contributed by atoms with E-state index in [1.54, 1.807) is 18.5 Å². The van der Waals surface area contributed by atoms with Crippen LogP contribution in [-0.2, 0) is 16.1 Å². The van der Waals surface area contributed by atoms with Crippen molar-refractivity contribution in [1.29, 1.82) is 0 Å². The van der Waals surface area contributed by atoms with Crippen molar-refractivity contribution >= 4 is 5.91 Å². The van der Waals surface area contributed by atoms with E-state index in [1.165, 1.54) is 0 Å². The third kappa shape index (κ3) is 3.97. The van der Waals surface area contributed by atoms with Crippen LogP contribution in [0.2, 0.25) is 0 Å². The maximum Gasteiger partial charge on any atom is 0.253 e. The number of carbonyl (C=O) groups is 1. The van der Waals surface area contributed by atoms with Crippen LogP contribution in [0.25, 0.3) is 0 Å². The van der Waals surface area contributed by atoms with Crippen LogP contribution in [0.5, 0.6) is 0 Å². The molecule has 122 valence electrons. The zero-order valence-corrected chi connectivity index (χ0v) is 13.1. The summed E-state index contributed by atoms with van der Waals surface area (Å²) < 4.78 is 11.5. The number of hydrogen-bond donors (Lipinski definition) is 2. The monoisotopic (exact) mass is 315 g/mol. The molecule has 0 unspecified atom stereocenters. The van der Waals surface area contributed by atoms with E-state index in [-0.39, 0.29) is 18.1 Å². The molecule has 23 heavy (non-hydrogen) atoms. The van der Waals surface area contributed by atoms with Crippen LogP contribution in [0.15, 0.2) is 36.7 Å². The van der Waals surface area contributed by atoms with Crippen LogP contribution < -0.4 is 5.32 Å². The van der Waals surface area contributed by atoms with Crippen molar-refractivity contribution in [3.63, 3.8) is 0 Å². The molecule has 2 atom stereocenters. The molecule has 6 heteroatoms. The van der Waals surface area contributed by atoms with Gasteiger partial charge in [-0.15, -0.1) is 0 Å². The second-order valence-corrected chi connectivity index (χ2v) is 5.63. The Morgan fingerprint density at radius 1 is 1.48 bits per heavy atom. The van der Waals surface area contributed by atoms with Gasteiger partial charge in [0.15, 0.2) is 0 Å². The van der Waals surface area contributed by atoms with E-state index in [1.807, 2.05) is 25.1 Å². The van der Waals surface area contributed by atoms with E-state index in [2.05, 4.69) is 15.3 Å². The first kappa shape index (κ1) is 15.7. The van der Waals surface area contributed by atoms with E-state index in [0.29, 0.717) is 25.4 Å². The van der Waals surface area contributed by atoms with Crippen LogP contribution in [0, 0.1) is 6.92 Å². The SMILES string of the molecule is Cc1[nH]ccc1C(=O)N[C@@H]1COCC[C@H]1OCc1ccccn1. The molecule has 1 aliphatic rings. The third-order valence-electron chi connectivity index (χ3n) is 3.98. The van der Waals surface area contributed by atoms with Gasteiger partial charge in [-0.05, 0) is 31.5 Å². The van der Waals surface area contributed by atoms with Crippen molar-refractivity contribution in [2.45, 2.75) is 32.1 Å². The average molecular weight is 315 g/mol. The molecule has 0 saturated carbocycles. The molecule has 1 saturated heterocycles. The first-order valence-corrected chi connectivity index (χ1v) is 7.78. The number of aromatic nitrogens is 2. The van der Waals surface area contributed by atoms with Crippen molar-refractivity contribution in [2.24, 2.45) is 0 Å². The number of ether oxygens (including phenoxy) is 2. The number of amides is 1. The molecule has 0 aliphatic carbocycles. The number of nitrogens with zero attached hydrogens (tertiary/aromatic N) is 1. The molecular weight excluding hydrogens is 294 g/mol. The molecule has 0 bridgehead atoms. The second-order valence-electron chi connectivity index (χ2n) is 5.63. The summed E-state index contributed by atoms with van der Waals surface area (Å²) in [6.45, 7) is 3.41. The Morgan fingerprint density at radius 2 is 2.39 bits per heavy atom. The highest BCUT2D eigenvalue weighted by Gasteiger charge is 2.28. The molecule has 6 nitrogen and oxygen atoms in total. The summed E-state index contributed by atoms with van der Waals surface area (Å²) in [7, 11) is 0. The summed E-state index contributed by atoms with van der Waals surface area (Å²) in [5.74, 6) is -0.106. The summed E-state index contributed by atoms with van der Waals surface area (Å²) in [5, 5.41) is 3.02. The van der Waals surface area contributed by atoms with Crippen LogP contribution in [0.1, 0.15) is 28.2 Å². The van der Waals surface area contributed by atoms with Crippen molar-refractivity contribution in [1.82, 2.24) is 15.3 Å². The minimum Gasteiger partial charge on any atom is -0.379 e. The summed E-state index contributed by atoms with van der Waals surface area (Å²) >= 11 is 0. The molecule has 2 N–H and O–H groups in total. The quantitative estimate of drug-likeness (QED) is 0.882. The van der Waals surface area contributed by atoms with Crippen LogP contribution in [0.4, 0.5) is 0 Å². The number of aryl methyl sites for hydroxylation is 1. The first-order valence-electron chi connectivity index (χ1n) is 7.78. The van der Waals surface area contributed by atoms with E-state index >= 15 is 0 Å². The Labute approximate surface area is 135 Å². The Morgan fingerprint density at radius 3 is 3.13 bits per heavy atom. The minimum atomic E-state index is -0.158. The van der Waals surface area contributed by atoms with Crippen LogP contribution in [0.3, 0.4) is 0 Å². The Kier molecular flexibility index (Phi) is 5.05. The second kappa shape index (κ2) is 7.39. The number of pyridine rings is 1. The van der Waals surface area contributed by atoms with Crippen molar-refractivity contribution in [3.05, 3.63) is 53.6 Å². The van der Waals surface area contributed by atoms with Gasteiger partial charge in [-0.1, -0.05) is 6.07 Å². The third-order valence-corrected chi connectivity index (χ3v) is 3.98. The van der Waals surface area contributed by atoms with Gasteiger partial charge in [-0.2, -0.15) is 0 Å². The zero-order chi connectivity index (χ0) is 16.1. The normalized spacial score (nSPS) is 21.1. The summed E-state index contributed by atoms with van der Waals surface area (Å²) in [4.78, 5) is 19.6. The molecule has 2 aromatic rings. The van der Waals surface area contributed by atoms with E-state index in [4.69, 9.17) is 9.47 Å². The van der Waals surface area contributed by atoms with Gasteiger partial charge in [0.25, 0.3) is 5.91 Å². The molecule has 1 fully saturated rings. The highest BCUT2D eigenvalue weighted by molar-refractivity contribution is 5.95. The van der Waals surface area contributed by atoms with E-state index in [0.717, 1.165) is 17.8 Å². The van der Waals surface area contributed by atoms with Crippen LogP contribution in [-0.4, -0.2) is 41.2 Å². The standard InChI is InChI=1S/C17H21N3O3/c1-12-14(5-8-18-12)17(21)20-15-11-22-9-6-16(15)23-10-13-4-2-3-7-19-13/h2-5,7-8,15-16,18H,6,9-11H2,1H3,(H,20,21)/t15-,16-/m1/s1. The lowest BCUT2D eigenvalue weighted by atomic mass is 10.1. The molecule has 0 spiro atoms. The number of H-pyrrole nitrogens is 1. The number of carbonyl (C=O) groups excluding carboxylic acids is 1. The Bertz CT molecular complexity index is 642. The van der Waals surface area contributed by atoms with Crippen molar-refractivity contribution < 1.29 is 14.3 Å². The average Bonchev–Trinajstić information content (AvgIpc) is 3.01. The molecule has 1 amide bonds. The molecule has 0 radical (unpaired) electrons. The minimum absolute atomic E-state index is 0.0750. The van der Waals surface area contributed by atoms with E-state index < -0.39 is 0 Å². The topological polar surface area (TPSA) is 76.2 Å². The molecule has 3 heterocycles.